The van der Waals surface area contributed by atoms with E-state index in [1.54, 1.807) is 17.1 Å². The van der Waals surface area contributed by atoms with Crippen LogP contribution in [-0.2, 0) is 4.74 Å². The van der Waals surface area contributed by atoms with Crippen LogP contribution in [0.4, 0.5) is 20.3 Å². The molecule has 8 heterocycles. The van der Waals surface area contributed by atoms with E-state index in [2.05, 4.69) is 47.6 Å². The first-order valence-electron chi connectivity index (χ1n) is 22.3. The van der Waals surface area contributed by atoms with Crippen LogP contribution in [-0.4, -0.2) is 123 Å². The number of aromatic nitrogens is 9. The maximum absolute atomic E-state index is 14.3. The van der Waals surface area contributed by atoms with Crippen molar-refractivity contribution in [3.05, 3.63) is 72.2 Å². The molecular weight excluding hydrogens is 813 g/mol. The number of morpholine rings is 1. The van der Waals surface area contributed by atoms with E-state index in [4.69, 9.17) is 19.9 Å². The zero-order chi connectivity index (χ0) is 43.4. The van der Waals surface area contributed by atoms with Gasteiger partial charge in [0.05, 0.1) is 66.7 Å². The van der Waals surface area contributed by atoms with Gasteiger partial charge in [0.1, 0.15) is 23.8 Å². The van der Waals surface area contributed by atoms with Crippen molar-refractivity contribution in [2.24, 2.45) is 5.92 Å². The first-order chi connectivity index (χ1) is 30.6. The molecule has 17 nitrogen and oxygen atoms in total. The number of anilines is 2. The average molecular weight is 868 g/mol. The number of rotatable bonds is 10. The van der Waals surface area contributed by atoms with Crippen molar-refractivity contribution >= 4 is 34.0 Å². The van der Waals surface area contributed by atoms with E-state index in [0.29, 0.717) is 56.0 Å². The number of halogens is 2. The highest BCUT2D eigenvalue weighted by molar-refractivity contribution is 6.08. The van der Waals surface area contributed by atoms with Gasteiger partial charge in [-0.3, -0.25) is 24.2 Å². The fourth-order valence-corrected chi connectivity index (χ4v) is 10.3. The molecule has 10 rings (SSSR count). The fourth-order valence-electron chi connectivity index (χ4n) is 10.3. The summed E-state index contributed by atoms with van der Waals surface area (Å²) >= 11 is 0. The molecular formula is C44H55F2N13O4. The van der Waals surface area contributed by atoms with Crippen molar-refractivity contribution in [2.45, 2.75) is 108 Å². The van der Waals surface area contributed by atoms with E-state index in [1.165, 1.54) is 10.7 Å². The molecule has 4 atom stereocenters. The van der Waals surface area contributed by atoms with Crippen molar-refractivity contribution in [2.75, 3.05) is 49.6 Å². The largest absolute Gasteiger partial charge is 0.379 e. The van der Waals surface area contributed by atoms with Gasteiger partial charge in [0.15, 0.2) is 11.3 Å². The number of nitrogens with zero attached hydrogens (tertiary/aromatic N) is 11. The summed E-state index contributed by atoms with van der Waals surface area (Å²) in [5, 5.41) is 45.5. The maximum atomic E-state index is 14.3. The summed E-state index contributed by atoms with van der Waals surface area (Å²) in [5.74, 6) is 0.635. The van der Waals surface area contributed by atoms with Crippen LogP contribution in [0.5, 0.6) is 0 Å². The number of alkyl halides is 2. The van der Waals surface area contributed by atoms with Crippen molar-refractivity contribution < 1.29 is 28.5 Å². The molecule has 3 saturated heterocycles. The highest BCUT2D eigenvalue weighted by Gasteiger charge is 2.33. The van der Waals surface area contributed by atoms with Crippen molar-refractivity contribution in [3.8, 4) is 11.1 Å². The average Bonchev–Trinajstić information content (AvgIpc) is 4.10. The second kappa shape index (κ2) is 17.3. The van der Waals surface area contributed by atoms with Crippen LogP contribution in [0.15, 0.2) is 55.2 Å². The molecule has 1 saturated carbocycles. The number of hydrogen-bond donors (Lipinski definition) is 4. The van der Waals surface area contributed by atoms with Crippen LogP contribution in [0, 0.1) is 12.8 Å². The number of aliphatic hydroxyl groups is 2. The van der Waals surface area contributed by atoms with Gasteiger partial charge in [0.2, 0.25) is 0 Å². The summed E-state index contributed by atoms with van der Waals surface area (Å²) in [5.41, 5.74) is 4.02. The molecule has 63 heavy (non-hydrogen) atoms. The Morgan fingerprint density at radius 2 is 1.76 bits per heavy atom. The minimum absolute atomic E-state index is 0.000248. The number of fused-ring (bicyclic) bond motifs is 2. The number of carbonyl (C=O) groups excluding carboxylic acids is 1. The Balaban J connectivity index is 0.736. The van der Waals surface area contributed by atoms with Crippen LogP contribution >= 0.6 is 0 Å². The molecule has 3 aliphatic heterocycles. The van der Waals surface area contributed by atoms with Gasteiger partial charge in [0.25, 0.3) is 12.3 Å². The molecule has 334 valence electrons. The van der Waals surface area contributed by atoms with E-state index in [0.717, 1.165) is 85.9 Å². The molecule has 1 amide bonds. The lowest BCUT2D eigenvalue weighted by molar-refractivity contribution is -0.0297. The smallest absolute Gasteiger partial charge is 0.284 e. The first kappa shape index (κ1) is 41.7. The molecule has 0 spiro atoms. The zero-order valence-corrected chi connectivity index (χ0v) is 35.6. The Bertz CT molecular complexity index is 2570. The lowest BCUT2D eigenvalue weighted by Crippen LogP contribution is -2.48. The molecule has 0 radical (unpaired) electrons. The third-order valence-electron chi connectivity index (χ3n) is 13.7. The quantitative estimate of drug-likeness (QED) is 0.136. The SMILES string of the molecule is Cc1nn(C2CCC(O)NC2O)c2cccc(-c3cnn(C4CCN(CC5CCC(n6cc(NC(=O)c7cnn8ccc(N9CCOC[C@@H]9C)nc78)c(C(F)F)n6)CC5)CC4)c3)c12. The zero-order valence-electron chi connectivity index (χ0n) is 35.6. The summed E-state index contributed by atoms with van der Waals surface area (Å²) in [4.78, 5) is 23.0. The molecule has 5 aromatic heterocycles. The van der Waals surface area contributed by atoms with Gasteiger partial charge in [-0.2, -0.15) is 20.4 Å². The van der Waals surface area contributed by atoms with Crippen LogP contribution in [0.1, 0.15) is 105 Å². The third kappa shape index (κ3) is 8.20. The van der Waals surface area contributed by atoms with Gasteiger partial charge in [-0.1, -0.05) is 12.1 Å². The number of amides is 1. The van der Waals surface area contributed by atoms with Crippen molar-refractivity contribution in [3.63, 3.8) is 0 Å². The monoisotopic (exact) mass is 867 g/mol. The Kier molecular flexibility index (Phi) is 11.5. The summed E-state index contributed by atoms with van der Waals surface area (Å²) < 4.78 is 41.4. The summed E-state index contributed by atoms with van der Waals surface area (Å²) in [6.45, 7) is 8.82. The van der Waals surface area contributed by atoms with E-state index < -0.39 is 30.5 Å². The number of hydrogen-bond acceptors (Lipinski definition) is 12. The molecule has 6 aromatic rings. The summed E-state index contributed by atoms with van der Waals surface area (Å²) in [6, 6.07) is 8.10. The van der Waals surface area contributed by atoms with Gasteiger partial charge in [-0.15, -0.1) is 0 Å². The predicted octanol–water partition coefficient (Wildman–Crippen LogP) is 5.49. The number of nitrogens with one attached hydrogen (secondary N) is 2. The lowest BCUT2D eigenvalue weighted by Gasteiger charge is -2.36. The van der Waals surface area contributed by atoms with Gasteiger partial charge in [-0.05, 0) is 88.8 Å². The molecule has 19 heteroatoms. The minimum atomic E-state index is -2.86. The van der Waals surface area contributed by atoms with Gasteiger partial charge in [-0.25, -0.2) is 18.3 Å². The third-order valence-corrected chi connectivity index (χ3v) is 13.7. The maximum Gasteiger partial charge on any atom is 0.284 e. The number of aryl methyl sites for hydroxylation is 1. The predicted molar refractivity (Wildman–Crippen MR) is 231 cm³/mol. The Morgan fingerprint density at radius 1 is 0.952 bits per heavy atom. The number of benzene rings is 1. The Labute approximate surface area is 363 Å². The summed E-state index contributed by atoms with van der Waals surface area (Å²) in [7, 11) is 0. The van der Waals surface area contributed by atoms with Gasteiger partial charge < -0.3 is 30.1 Å². The minimum Gasteiger partial charge on any atom is -0.379 e. The molecule has 4 aliphatic rings. The Hall–Kier alpha value is -5.34. The van der Waals surface area contributed by atoms with Crippen molar-refractivity contribution in [1.82, 2.24) is 54.2 Å². The standard InChI is InChI=1S/C44H55F2N13O4/c1-26-25-63-19-18-55(26)37-14-17-56-42(50-37)33(21-48-56)43(61)49-34-24-58(53-40(34)41(45)46)30-8-6-28(7-9-30)22-54-15-12-31(13-16-54)57-23-29(20-47-57)32-4-3-5-35-39(32)27(2)52-59(35)36-10-11-38(60)51-44(36)62/h3-5,14,17,20-21,23-24,26,28,30-31,36,38,41,44,51,60,62H,6-13,15-16,18-19,22,25H2,1-2H3,(H,49,61)/t26-,28?,30?,36?,38?,44?/m0/s1. The second-order valence-corrected chi connectivity index (χ2v) is 17.8. The van der Waals surface area contributed by atoms with Crippen molar-refractivity contribution in [1.29, 1.82) is 0 Å². The van der Waals surface area contributed by atoms with E-state index in [1.807, 2.05) is 42.9 Å². The fraction of sp³-hybridized carbons (Fsp3) is 0.545. The van der Waals surface area contributed by atoms with Crippen LogP contribution in [0.2, 0.25) is 0 Å². The highest BCUT2D eigenvalue weighted by atomic mass is 19.3. The normalized spacial score (nSPS) is 25.4. The molecule has 4 fully saturated rings. The van der Waals surface area contributed by atoms with Crippen LogP contribution < -0.4 is 15.5 Å². The second-order valence-electron chi connectivity index (χ2n) is 17.8. The van der Waals surface area contributed by atoms with E-state index in [-0.39, 0.29) is 29.4 Å². The van der Waals surface area contributed by atoms with Crippen LogP contribution in [0.25, 0.3) is 27.7 Å². The number of carbonyl (C=O) groups is 1. The summed E-state index contributed by atoms with van der Waals surface area (Å²) in [6.07, 6.45) is 11.1. The molecule has 1 aromatic carbocycles. The van der Waals surface area contributed by atoms with Crippen LogP contribution in [0.3, 0.4) is 0 Å². The molecule has 3 unspecified atom stereocenters. The number of aliphatic hydroxyl groups excluding tert-OH is 2. The van der Waals surface area contributed by atoms with E-state index in [9.17, 15) is 23.8 Å². The highest BCUT2D eigenvalue weighted by Crippen LogP contribution is 2.38. The number of ether oxygens (including phenoxy) is 1. The number of piperidine rings is 2. The Morgan fingerprint density at radius 3 is 2.54 bits per heavy atom. The molecule has 1 aliphatic carbocycles. The number of likely N-dealkylation sites (tertiary alicyclic amines) is 1. The van der Waals surface area contributed by atoms with E-state index >= 15 is 0 Å². The topological polar surface area (TPSA) is 181 Å². The lowest BCUT2D eigenvalue weighted by atomic mass is 9.85. The van der Waals surface area contributed by atoms with Gasteiger partial charge in [0, 0.05) is 55.7 Å². The molecule has 4 N–H and O–H groups in total. The molecule has 0 bridgehead atoms. The van der Waals surface area contributed by atoms with Gasteiger partial charge >= 0.3 is 0 Å². The first-order valence-corrected chi connectivity index (χ1v) is 22.3.